The van der Waals surface area contributed by atoms with Gasteiger partial charge in [0.15, 0.2) is 6.29 Å². The van der Waals surface area contributed by atoms with Crippen LogP contribution in [-0.4, -0.2) is 27.6 Å². The van der Waals surface area contributed by atoms with Crippen molar-refractivity contribution in [3.8, 4) is 0 Å². The van der Waals surface area contributed by atoms with Crippen molar-refractivity contribution in [1.82, 2.24) is 25.7 Å². The quantitative estimate of drug-likeness (QED) is 0.690. The van der Waals surface area contributed by atoms with Crippen molar-refractivity contribution >= 4 is 23.4 Å². The van der Waals surface area contributed by atoms with Gasteiger partial charge in [0.1, 0.15) is 0 Å². The molecule has 0 bridgehead atoms. The van der Waals surface area contributed by atoms with Crippen LogP contribution in [0.1, 0.15) is 48.6 Å². The summed E-state index contributed by atoms with van der Waals surface area (Å²) >= 11 is 6.12. The number of amides is 2. The van der Waals surface area contributed by atoms with Crippen molar-refractivity contribution in [3.05, 3.63) is 51.8 Å². The molecule has 0 aliphatic carbocycles. The highest BCUT2D eigenvalue weighted by Gasteiger charge is 2.26. The molecule has 8 heteroatoms. The summed E-state index contributed by atoms with van der Waals surface area (Å²) in [5.74, 6) is -0.0338. The Morgan fingerprint density at radius 2 is 2.11 bits per heavy atom. The average Bonchev–Trinajstić information content (AvgIpc) is 2.92. The topological polar surface area (TPSA) is 88.1 Å². The number of carbonyl (C=O) groups is 2. The Morgan fingerprint density at radius 1 is 1.36 bits per heavy atom. The molecule has 1 saturated heterocycles. The Bertz CT molecular complexity index is 879. The predicted molar refractivity (Wildman–Crippen MR) is 108 cm³/mol. The fourth-order valence-electron chi connectivity index (χ4n) is 3.46. The highest BCUT2D eigenvalue weighted by Crippen LogP contribution is 2.19. The van der Waals surface area contributed by atoms with E-state index in [9.17, 15) is 9.59 Å². The van der Waals surface area contributed by atoms with E-state index >= 15 is 0 Å². The van der Waals surface area contributed by atoms with Crippen molar-refractivity contribution in [2.75, 3.05) is 0 Å². The van der Waals surface area contributed by atoms with Crippen LogP contribution >= 0.6 is 11.6 Å². The predicted octanol–water partition coefficient (Wildman–Crippen LogP) is 2.36. The molecule has 2 heterocycles. The second-order valence-electron chi connectivity index (χ2n) is 7.20. The molecule has 3 N–H and O–H groups in total. The van der Waals surface area contributed by atoms with Gasteiger partial charge in [-0.05, 0) is 44.4 Å². The minimum absolute atomic E-state index is 0.00398. The molecule has 2 atom stereocenters. The molecule has 1 aliphatic rings. The third-order valence-electron chi connectivity index (χ3n) is 4.99. The fraction of sp³-hybridized carbons (Fsp3) is 0.450. The number of carbonyl (C=O) groups excluding carboxylic acids is 2. The van der Waals surface area contributed by atoms with E-state index in [2.05, 4.69) is 21.0 Å². The van der Waals surface area contributed by atoms with Crippen LogP contribution in [0.3, 0.4) is 0 Å². The summed E-state index contributed by atoms with van der Waals surface area (Å²) in [5, 5.41) is 14.4. The van der Waals surface area contributed by atoms with Crippen LogP contribution in [0.5, 0.6) is 0 Å². The molecule has 28 heavy (non-hydrogen) atoms. The Balaban J connectivity index is 1.60. The van der Waals surface area contributed by atoms with Gasteiger partial charge in [0.2, 0.25) is 11.8 Å². The molecule has 1 aliphatic heterocycles. The number of hydrogen-bond donors (Lipinski definition) is 3. The Morgan fingerprint density at radius 3 is 2.82 bits per heavy atom. The van der Waals surface area contributed by atoms with Crippen molar-refractivity contribution in [2.45, 2.75) is 58.9 Å². The lowest BCUT2D eigenvalue weighted by Crippen LogP contribution is -2.52. The maximum Gasteiger partial charge on any atom is 0.224 e. The lowest BCUT2D eigenvalue weighted by molar-refractivity contribution is -0.125. The van der Waals surface area contributed by atoms with Crippen LogP contribution in [0.4, 0.5) is 0 Å². The Labute approximate surface area is 169 Å². The van der Waals surface area contributed by atoms with Gasteiger partial charge in [-0.2, -0.15) is 5.10 Å². The van der Waals surface area contributed by atoms with E-state index in [4.69, 9.17) is 11.6 Å². The highest BCUT2D eigenvalue weighted by atomic mass is 35.5. The lowest BCUT2D eigenvalue weighted by atomic mass is 10.1. The fourth-order valence-corrected chi connectivity index (χ4v) is 3.67. The highest BCUT2D eigenvalue weighted by molar-refractivity contribution is 6.31. The minimum atomic E-state index is -0.363. The van der Waals surface area contributed by atoms with Gasteiger partial charge in [0, 0.05) is 36.1 Å². The number of aromatic nitrogens is 2. The average molecular weight is 404 g/mol. The zero-order valence-corrected chi connectivity index (χ0v) is 17.1. The van der Waals surface area contributed by atoms with E-state index in [1.165, 1.54) is 0 Å². The molecule has 0 radical (unpaired) electrons. The molecule has 1 aromatic heterocycles. The first-order valence-electron chi connectivity index (χ1n) is 9.45. The molecular formula is C20H26ClN5O2. The molecular weight excluding hydrogens is 378 g/mol. The van der Waals surface area contributed by atoms with E-state index < -0.39 is 0 Å². The van der Waals surface area contributed by atoms with Gasteiger partial charge in [-0.3, -0.25) is 14.9 Å². The summed E-state index contributed by atoms with van der Waals surface area (Å²) in [4.78, 5) is 24.1. The molecule has 3 rings (SSSR count). The number of halogens is 1. The van der Waals surface area contributed by atoms with Gasteiger partial charge in [0.05, 0.1) is 5.69 Å². The van der Waals surface area contributed by atoms with E-state index in [0.29, 0.717) is 30.8 Å². The van der Waals surface area contributed by atoms with Gasteiger partial charge in [-0.15, -0.1) is 0 Å². The van der Waals surface area contributed by atoms with Crippen molar-refractivity contribution in [1.29, 1.82) is 0 Å². The maximum absolute atomic E-state index is 12.3. The molecule has 0 spiro atoms. The van der Waals surface area contributed by atoms with Gasteiger partial charge >= 0.3 is 0 Å². The van der Waals surface area contributed by atoms with E-state index in [-0.39, 0.29) is 24.1 Å². The van der Waals surface area contributed by atoms with E-state index in [0.717, 1.165) is 22.5 Å². The van der Waals surface area contributed by atoms with Crippen LogP contribution in [0.2, 0.25) is 5.02 Å². The molecule has 7 nitrogen and oxygen atoms in total. The first-order chi connectivity index (χ1) is 13.3. The smallest absolute Gasteiger partial charge is 0.224 e. The van der Waals surface area contributed by atoms with Gasteiger partial charge in [-0.1, -0.05) is 29.8 Å². The SMILES string of the molecule is Cc1nn(C2NC(=O)CC(C)N2)c(C)c1CCC(=O)NCc1ccccc1Cl. The van der Waals surface area contributed by atoms with Gasteiger partial charge < -0.3 is 10.6 Å². The number of rotatable bonds is 6. The first-order valence-corrected chi connectivity index (χ1v) is 9.83. The Hall–Kier alpha value is -2.38. The van der Waals surface area contributed by atoms with Crippen LogP contribution in [0.25, 0.3) is 0 Å². The molecule has 150 valence electrons. The maximum atomic E-state index is 12.3. The third-order valence-corrected chi connectivity index (χ3v) is 5.36. The summed E-state index contributed by atoms with van der Waals surface area (Å²) < 4.78 is 1.79. The number of benzene rings is 1. The van der Waals surface area contributed by atoms with E-state index in [1.807, 2.05) is 45.0 Å². The molecule has 2 amide bonds. The summed E-state index contributed by atoms with van der Waals surface area (Å²) in [5.41, 5.74) is 3.74. The largest absolute Gasteiger partial charge is 0.352 e. The van der Waals surface area contributed by atoms with Gasteiger partial charge in [-0.25, -0.2) is 4.68 Å². The number of nitrogens with one attached hydrogen (secondary N) is 3. The van der Waals surface area contributed by atoms with Crippen LogP contribution in [0, 0.1) is 13.8 Å². The summed E-state index contributed by atoms with van der Waals surface area (Å²) in [6, 6.07) is 7.55. The molecule has 2 aromatic rings. The van der Waals surface area contributed by atoms with Crippen molar-refractivity contribution < 1.29 is 9.59 Å². The summed E-state index contributed by atoms with van der Waals surface area (Å²) in [6.45, 7) is 6.27. The summed E-state index contributed by atoms with van der Waals surface area (Å²) in [6.07, 6.45) is 1.03. The van der Waals surface area contributed by atoms with E-state index in [1.54, 1.807) is 4.68 Å². The number of aryl methyl sites for hydroxylation is 1. The first kappa shape index (κ1) is 20.4. The molecule has 2 unspecified atom stereocenters. The summed E-state index contributed by atoms with van der Waals surface area (Å²) in [7, 11) is 0. The monoisotopic (exact) mass is 403 g/mol. The van der Waals surface area contributed by atoms with Crippen molar-refractivity contribution in [2.24, 2.45) is 0 Å². The second kappa shape index (κ2) is 8.75. The molecule has 1 fully saturated rings. The van der Waals surface area contributed by atoms with Crippen LogP contribution < -0.4 is 16.0 Å². The standard InChI is InChI=1S/C20H26ClN5O2/c1-12-10-19(28)24-20(23-12)26-14(3)16(13(2)25-26)8-9-18(27)22-11-15-6-4-5-7-17(15)21/h4-7,12,20,23H,8-11H2,1-3H3,(H,22,27)(H,24,28). The normalized spacial score (nSPS) is 19.4. The Kier molecular flexibility index (Phi) is 6.36. The van der Waals surface area contributed by atoms with Crippen LogP contribution in [0.15, 0.2) is 24.3 Å². The van der Waals surface area contributed by atoms with Gasteiger partial charge in [0.25, 0.3) is 0 Å². The number of nitrogens with zero attached hydrogens (tertiary/aromatic N) is 2. The van der Waals surface area contributed by atoms with Crippen molar-refractivity contribution in [3.63, 3.8) is 0 Å². The zero-order valence-electron chi connectivity index (χ0n) is 16.4. The second-order valence-corrected chi connectivity index (χ2v) is 7.61. The molecule has 1 aromatic carbocycles. The molecule has 0 saturated carbocycles. The third kappa shape index (κ3) is 4.72. The zero-order chi connectivity index (χ0) is 20.3. The minimum Gasteiger partial charge on any atom is -0.352 e. The van der Waals surface area contributed by atoms with Crippen LogP contribution in [-0.2, 0) is 22.6 Å². The lowest BCUT2D eigenvalue weighted by Gasteiger charge is -2.30. The number of hydrogen-bond acceptors (Lipinski definition) is 4.